The van der Waals surface area contributed by atoms with Crippen LogP contribution in [0, 0.1) is 5.92 Å². The van der Waals surface area contributed by atoms with Crippen LogP contribution < -0.4 is 51.4 Å². The molecule has 0 aromatic rings. The van der Waals surface area contributed by atoms with E-state index in [4.69, 9.17) is 0 Å². The molecule has 0 nitrogen and oxygen atoms in total. The molecule has 0 radical (unpaired) electrons. The largest absolute Gasteiger partial charge is 1.00 e. The first-order valence-corrected chi connectivity index (χ1v) is 5.27. The normalized spacial score (nSPS) is 16.2. The molecule has 0 heterocycles. The summed E-state index contributed by atoms with van der Waals surface area (Å²) in [4.78, 5) is 0. The van der Waals surface area contributed by atoms with Crippen LogP contribution in [0.2, 0.25) is 0 Å². The van der Waals surface area contributed by atoms with E-state index >= 15 is 0 Å². The van der Waals surface area contributed by atoms with Crippen molar-refractivity contribution >= 4 is 0 Å². The van der Waals surface area contributed by atoms with Crippen molar-refractivity contribution in [1.29, 1.82) is 0 Å². The minimum atomic E-state index is 0. The van der Waals surface area contributed by atoms with Crippen molar-refractivity contribution in [2.24, 2.45) is 0 Å². The summed E-state index contributed by atoms with van der Waals surface area (Å²) >= 11 is 0. The summed E-state index contributed by atoms with van der Waals surface area (Å²) in [5.74, 6) is 1.84. The quantitative estimate of drug-likeness (QED) is 0.470. The Morgan fingerprint density at radius 1 is 1.08 bits per heavy atom. The molecular formula is C11H23K. The number of rotatable bonds is 3. The van der Waals surface area contributed by atoms with Gasteiger partial charge in [-0.3, -0.25) is 0 Å². The Bertz CT molecular complexity index is 65.4. The molecular weight excluding hydrogens is 171 g/mol. The fourth-order valence-electron chi connectivity index (χ4n) is 1.55. The first-order chi connectivity index (χ1) is 5.43. The Kier molecular flexibility index (Phi) is 16.9. The second kappa shape index (κ2) is 12.6. The maximum absolute atomic E-state index is 2.27. The number of unbranched alkanes of at least 4 members (excludes halogenated alkanes) is 1. The molecule has 0 unspecified atom stereocenters. The van der Waals surface area contributed by atoms with Crippen LogP contribution in [0.4, 0.5) is 0 Å². The van der Waals surface area contributed by atoms with Gasteiger partial charge in [0.2, 0.25) is 0 Å². The van der Waals surface area contributed by atoms with Crippen LogP contribution in [0.5, 0.6) is 0 Å². The van der Waals surface area contributed by atoms with Gasteiger partial charge in [-0.15, -0.1) is 0 Å². The third kappa shape index (κ3) is 8.24. The molecule has 1 fully saturated rings. The van der Waals surface area contributed by atoms with Crippen LogP contribution in [0.1, 0.15) is 65.7 Å². The van der Waals surface area contributed by atoms with Gasteiger partial charge in [0.25, 0.3) is 0 Å². The van der Waals surface area contributed by atoms with Crippen molar-refractivity contribution in [2.75, 3.05) is 0 Å². The van der Waals surface area contributed by atoms with Gasteiger partial charge >= 0.3 is 51.4 Å². The van der Waals surface area contributed by atoms with Gasteiger partial charge in [-0.25, -0.2) is 0 Å². The van der Waals surface area contributed by atoms with E-state index in [0.29, 0.717) is 0 Å². The molecule has 1 aliphatic carbocycles. The van der Waals surface area contributed by atoms with Crippen molar-refractivity contribution in [3.63, 3.8) is 0 Å². The minimum absolute atomic E-state index is 0. The molecule has 68 valence electrons. The van der Waals surface area contributed by atoms with E-state index in [2.05, 4.69) is 6.92 Å². The maximum Gasteiger partial charge on any atom is 1.00 e. The average Bonchev–Trinajstić information content (AvgIpc) is 2.57. The summed E-state index contributed by atoms with van der Waals surface area (Å²) < 4.78 is 0. The first-order valence-electron chi connectivity index (χ1n) is 5.27. The Labute approximate surface area is 121 Å². The monoisotopic (exact) mass is 194 g/mol. The predicted molar refractivity (Wildman–Crippen MR) is 52.6 cm³/mol. The van der Waals surface area contributed by atoms with Crippen molar-refractivity contribution in [3.05, 3.63) is 5.92 Å². The van der Waals surface area contributed by atoms with Gasteiger partial charge < -0.3 is 5.92 Å². The van der Waals surface area contributed by atoms with Crippen molar-refractivity contribution in [2.45, 2.75) is 65.7 Å². The van der Waals surface area contributed by atoms with E-state index in [-0.39, 0.29) is 51.4 Å². The van der Waals surface area contributed by atoms with E-state index in [1.807, 2.05) is 19.8 Å². The Morgan fingerprint density at radius 3 is 2.00 bits per heavy atom. The molecule has 12 heavy (non-hydrogen) atoms. The van der Waals surface area contributed by atoms with Gasteiger partial charge in [-0.2, -0.15) is 19.3 Å². The standard InChI is InChI=1S/C9H17.C2H6.K/c1-2-3-6-9-7-4-5-8-9;1-2;/h2-8H2,1H3;1-2H3;/q-1;;+1. The third-order valence-corrected chi connectivity index (χ3v) is 2.19. The summed E-state index contributed by atoms with van der Waals surface area (Å²) in [7, 11) is 0. The van der Waals surface area contributed by atoms with E-state index in [1.165, 1.54) is 44.9 Å². The SMILES string of the molecule is CC.CCCC[C-]1CCCC1.[K+]. The number of hydrogen-bond acceptors (Lipinski definition) is 0. The zero-order chi connectivity index (χ0) is 8.53. The zero-order valence-corrected chi connectivity index (χ0v) is 12.6. The van der Waals surface area contributed by atoms with Crippen LogP contribution in [0.15, 0.2) is 0 Å². The second-order valence-corrected chi connectivity index (χ2v) is 3.06. The van der Waals surface area contributed by atoms with Gasteiger partial charge in [-0.1, -0.05) is 46.5 Å². The summed E-state index contributed by atoms with van der Waals surface area (Å²) in [6.07, 6.45) is 10.0. The van der Waals surface area contributed by atoms with E-state index in [1.54, 1.807) is 0 Å². The third-order valence-electron chi connectivity index (χ3n) is 2.19. The van der Waals surface area contributed by atoms with Gasteiger partial charge in [0.15, 0.2) is 0 Å². The van der Waals surface area contributed by atoms with Crippen molar-refractivity contribution < 1.29 is 51.4 Å². The van der Waals surface area contributed by atoms with Crippen molar-refractivity contribution in [1.82, 2.24) is 0 Å². The van der Waals surface area contributed by atoms with Gasteiger partial charge in [0.05, 0.1) is 0 Å². The Hall–Kier alpha value is 1.64. The van der Waals surface area contributed by atoms with Crippen LogP contribution in [0.25, 0.3) is 0 Å². The smallest absolute Gasteiger partial charge is 0.314 e. The molecule has 1 aliphatic rings. The Balaban J connectivity index is 0. The van der Waals surface area contributed by atoms with Gasteiger partial charge in [-0.05, 0) is 0 Å². The minimum Gasteiger partial charge on any atom is -0.314 e. The molecule has 0 atom stereocenters. The van der Waals surface area contributed by atoms with Gasteiger partial charge in [0.1, 0.15) is 0 Å². The Morgan fingerprint density at radius 2 is 1.58 bits per heavy atom. The van der Waals surface area contributed by atoms with Crippen LogP contribution in [-0.2, 0) is 0 Å². The van der Waals surface area contributed by atoms with Gasteiger partial charge in [0, 0.05) is 0 Å². The summed E-state index contributed by atoms with van der Waals surface area (Å²) in [6.45, 7) is 6.27. The van der Waals surface area contributed by atoms with E-state index < -0.39 is 0 Å². The molecule has 1 heteroatoms. The molecule has 0 amide bonds. The maximum atomic E-state index is 2.27. The summed E-state index contributed by atoms with van der Waals surface area (Å²) in [5.41, 5.74) is 0. The molecule has 0 saturated heterocycles. The topological polar surface area (TPSA) is 0 Å². The van der Waals surface area contributed by atoms with E-state index in [9.17, 15) is 0 Å². The molecule has 0 aromatic carbocycles. The molecule has 0 spiro atoms. The van der Waals surface area contributed by atoms with E-state index in [0.717, 1.165) is 0 Å². The van der Waals surface area contributed by atoms with Crippen molar-refractivity contribution in [3.8, 4) is 0 Å². The van der Waals surface area contributed by atoms with Crippen LogP contribution in [-0.4, -0.2) is 0 Å². The zero-order valence-electron chi connectivity index (χ0n) is 9.45. The molecule has 0 bridgehead atoms. The summed E-state index contributed by atoms with van der Waals surface area (Å²) in [5, 5.41) is 0. The van der Waals surface area contributed by atoms with Crippen LogP contribution >= 0.6 is 0 Å². The molecule has 0 aliphatic heterocycles. The predicted octanol–water partition coefficient (Wildman–Crippen LogP) is 1.36. The fourth-order valence-corrected chi connectivity index (χ4v) is 1.55. The molecule has 0 N–H and O–H groups in total. The molecule has 1 rings (SSSR count). The first kappa shape index (κ1) is 16.1. The second-order valence-electron chi connectivity index (χ2n) is 3.06. The number of hydrogen-bond donors (Lipinski definition) is 0. The molecule has 1 saturated carbocycles. The van der Waals surface area contributed by atoms with Crippen LogP contribution in [0.3, 0.4) is 0 Å². The fraction of sp³-hybridized carbons (Fsp3) is 0.909. The average molecular weight is 194 g/mol. The molecule has 0 aromatic heterocycles. The summed E-state index contributed by atoms with van der Waals surface area (Å²) in [6, 6.07) is 0.